The molecule has 12 nitrogen and oxygen atoms in total. The number of ether oxygens (including phenoxy) is 2. The number of para-hydroxylation sites is 1. The molecule has 2 saturated heterocycles. The van der Waals surface area contributed by atoms with Gasteiger partial charge in [0.05, 0.1) is 25.3 Å². The molecule has 0 bridgehead atoms. The fourth-order valence-corrected chi connectivity index (χ4v) is 8.88. The Hall–Kier alpha value is -4.35. The minimum absolute atomic E-state index is 0.154. The molecule has 0 radical (unpaired) electrons. The quantitative estimate of drug-likeness (QED) is 0.353. The number of likely N-dealkylation sites (N-methyl/N-ethyl adjacent to an activating group) is 1. The Morgan fingerprint density at radius 2 is 1.72 bits per heavy atom. The van der Waals surface area contributed by atoms with Crippen molar-refractivity contribution in [1.29, 1.82) is 5.26 Å². The number of anilines is 1. The first-order chi connectivity index (χ1) is 22.8. The van der Waals surface area contributed by atoms with Gasteiger partial charge in [0.1, 0.15) is 23.3 Å². The smallest absolute Gasteiger partial charge is 0.478 e. The molecule has 6 rings (SSSR count). The molecule has 47 heavy (non-hydrogen) atoms. The Balaban J connectivity index is 1.53. The number of nitriles is 1. The number of pyridine rings is 1. The highest BCUT2D eigenvalue weighted by atomic mass is 32.2. The second-order valence-electron chi connectivity index (χ2n) is 11.9. The first kappa shape index (κ1) is 32.6. The number of amides is 2. The van der Waals surface area contributed by atoms with Crippen LogP contribution in [0.3, 0.4) is 0 Å². The summed E-state index contributed by atoms with van der Waals surface area (Å²) in [6.07, 6.45) is -0.562. The summed E-state index contributed by atoms with van der Waals surface area (Å²) in [6, 6.07) is 19.6. The molecule has 2 aromatic carbocycles. The van der Waals surface area contributed by atoms with Gasteiger partial charge in [0, 0.05) is 49.2 Å². The summed E-state index contributed by atoms with van der Waals surface area (Å²) >= 11 is 0. The largest absolute Gasteiger partial charge is 0.540 e. The predicted octanol–water partition coefficient (Wildman–Crippen LogP) is 3.76. The van der Waals surface area contributed by atoms with E-state index in [1.807, 2.05) is 12.1 Å². The zero-order chi connectivity index (χ0) is 33.2. The number of rotatable bonds is 8. The molecular formula is C34H39N6O6S+. The van der Waals surface area contributed by atoms with Crippen molar-refractivity contribution >= 4 is 27.7 Å². The summed E-state index contributed by atoms with van der Waals surface area (Å²) in [5, 5.41) is 13.9. The molecule has 1 aromatic heterocycles. The fourth-order valence-electron chi connectivity index (χ4n) is 7.07. The van der Waals surface area contributed by atoms with E-state index >= 15 is 4.79 Å². The van der Waals surface area contributed by atoms with Crippen LogP contribution in [0.2, 0.25) is 0 Å². The van der Waals surface area contributed by atoms with Gasteiger partial charge >= 0.3 is 22.0 Å². The number of piperazine rings is 1. The minimum atomic E-state index is -4.81. The molecule has 3 aromatic rings. The second-order valence-corrected chi connectivity index (χ2v) is 13.9. The van der Waals surface area contributed by atoms with Crippen LogP contribution in [0, 0.1) is 17.2 Å². The van der Waals surface area contributed by atoms with Crippen LogP contribution in [0.15, 0.2) is 77.8 Å². The SMILES string of the molecule is CCOc1ncccc1C1C(=O)[N+](C(=O)OC2CNc3ccccc32)(S(=O)(=O)c2ccccc2)CC(C#N)C1N1CCN(CC)CC1. The van der Waals surface area contributed by atoms with Crippen molar-refractivity contribution in [3.63, 3.8) is 0 Å². The third-order valence-electron chi connectivity index (χ3n) is 9.46. The standard InChI is InChI=1S/C34H39N6O6S/c1-3-38-17-19-39(20-18-38)31-24(21-35)23-40(47(43,44)25-11-6-5-7-12-25,33(41)30(31)27-14-10-16-36-32(27)45-4-2)34(42)46-29-22-37-28-15-9-8-13-26(28)29/h5-16,24,29-31,37H,3-4,17-20,22-23H2,1-2H3/q+1. The van der Waals surface area contributed by atoms with Crippen molar-refractivity contribution in [1.82, 2.24) is 14.8 Å². The van der Waals surface area contributed by atoms with Crippen molar-refractivity contribution in [2.45, 2.75) is 36.8 Å². The van der Waals surface area contributed by atoms with E-state index in [1.165, 1.54) is 30.5 Å². The molecule has 3 aliphatic rings. The lowest BCUT2D eigenvalue weighted by Crippen LogP contribution is -2.71. The molecule has 2 fully saturated rings. The third kappa shape index (κ3) is 5.65. The highest BCUT2D eigenvalue weighted by molar-refractivity contribution is 7.86. The van der Waals surface area contributed by atoms with Gasteiger partial charge in [-0.1, -0.05) is 53.3 Å². The average Bonchev–Trinajstić information content (AvgIpc) is 3.51. The van der Waals surface area contributed by atoms with Gasteiger partial charge in [0.15, 0.2) is 6.10 Å². The maximum Gasteiger partial charge on any atom is 0.540 e. The number of sulfonamides is 1. The highest BCUT2D eigenvalue weighted by Gasteiger charge is 2.68. The summed E-state index contributed by atoms with van der Waals surface area (Å²) < 4.78 is 39.9. The molecule has 246 valence electrons. The van der Waals surface area contributed by atoms with Gasteiger partial charge in [-0.25, -0.2) is 9.78 Å². The number of likely N-dealkylation sites (tertiary alicyclic amines) is 1. The van der Waals surface area contributed by atoms with E-state index in [2.05, 4.69) is 33.1 Å². The summed E-state index contributed by atoms with van der Waals surface area (Å²) in [5.41, 5.74) is 1.75. The lowest BCUT2D eigenvalue weighted by Gasteiger charge is -2.48. The van der Waals surface area contributed by atoms with E-state index in [1.54, 1.807) is 37.3 Å². The Labute approximate surface area is 275 Å². The molecule has 13 heteroatoms. The molecule has 5 atom stereocenters. The topological polar surface area (TPSA) is 142 Å². The lowest BCUT2D eigenvalue weighted by molar-refractivity contribution is -0.665. The van der Waals surface area contributed by atoms with Gasteiger partial charge < -0.3 is 19.7 Å². The van der Waals surface area contributed by atoms with Gasteiger partial charge in [-0.05, 0) is 37.7 Å². The number of quaternary nitrogens is 1. The van der Waals surface area contributed by atoms with Crippen LogP contribution in [-0.2, 0) is 19.6 Å². The van der Waals surface area contributed by atoms with E-state index in [9.17, 15) is 18.5 Å². The zero-order valence-electron chi connectivity index (χ0n) is 26.5. The monoisotopic (exact) mass is 659 g/mol. The number of hydrogen-bond acceptors (Lipinski definition) is 11. The molecule has 0 saturated carbocycles. The molecular weight excluding hydrogens is 620 g/mol. The van der Waals surface area contributed by atoms with Crippen LogP contribution in [0.4, 0.5) is 10.5 Å². The van der Waals surface area contributed by atoms with Gasteiger partial charge in [0.2, 0.25) is 5.88 Å². The molecule has 0 aliphatic carbocycles. The van der Waals surface area contributed by atoms with Crippen molar-refractivity contribution < 1.29 is 31.4 Å². The molecule has 4 heterocycles. The van der Waals surface area contributed by atoms with Gasteiger partial charge in [-0.3, -0.25) is 4.90 Å². The summed E-state index contributed by atoms with van der Waals surface area (Å²) in [4.78, 5) is 38.6. The number of imide groups is 1. The maximum absolute atomic E-state index is 15.4. The van der Waals surface area contributed by atoms with Crippen molar-refractivity contribution in [2.75, 3.05) is 57.7 Å². The third-order valence-corrected chi connectivity index (χ3v) is 11.6. The average molecular weight is 660 g/mol. The number of aromatic nitrogens is 1. The number of carbonyl (C=O) groups excluding carboxylic acids is 2. The Bertz CT molecular complexity index is 1770. The number of nitrogens with zero attached hydrogens (tertiary/aromatic N) is 5. The predicted molar refractivity (Wildman–Crippen MR) is 173 cm³/mol. The first-order valence-electron chi connectivity index (χ1n) is 16.0. The van der Waals surface area contributed by atoms with Crippen LogP contribution in [-0.4, -0.2) is 97.6 Å². The van der Waals surface area contributed by atoms with Crippen LogP contribution < -0.4 is 10.1 Å². The Morgan fingerprint density at radius 1 is 1.02 bits per heavy atom. The van der Waals surface area contributed by atoms with Crippen molar-refractivity contribution in [2.24, 2.45) is 5.92 Å². The van der Waals surface area contributed by atoms with E-state index in [0.717, 1.165) is 25.3 Å². The fraction of sp³-hybridized carbons (Fsp3) is 0.412. The number of fused-ring (bicyclic) bond motifs is 1. The summed E-state index contributed by atoms with van der Waals surface area (Å²) in [7, 11) is -4.81. The van der Waals surface area contributed by atoms with E-state index in [-0.39, 0.29) is 23.9 Å². The van der Waals surface area contributed by atoms with Crippen LogP contribution in [0.25, 0.3) is 0 Å². The van der Waals surface area contributed by atoms with Crippen molar-refractivity contribution in [3.8, 4) is 11.9 Å². The van der Waals surface area contributed by atoms with Crippen LogP contribution in [0.1, 0.15) is 37.0 Å². The number of benzene rings is 2. The molecule has 3 aliphatic heterocycles. The minimum Gasteiger partial charge on any atom is -0.478 e. The van der Waals surface area contributed by atoms with Gasteiger partial charge in [0.25, 0.3) is 0 Å². The summed E-state index contributed by atoms with van der Waals surface area (Å²) in [6.45, 7) is 7.12. The Kier molecular flexibility index (Phi) is 9.29. The van der Waals surface area contributed by atoms with Crippen LogP contribution >= 0.6 is 0 Å². The zero-order valence-corrected chi connectivity index (χ0v) is 27.3. The maximum atomic E-state index is 15.4. The highest BCUT2D eigenvalue weighted by Crippen LogP contribution is 2.46. The van der Waals surface area contributed by atoms with Gasteiger partial charge in [-0.15, -0.1) is 0 Å². The summed E-state index contributed by atoms with van der Waals surface area (Å²) in [5.74, 6) is -3.06. The number of carbonyl (C=O) groups is 2. The molecule has 1 N–H and O–H groups in total. The lowest BCUT2D eigenvalue weighted by atomic mass is 9.78. The number of nitrogens with one attached hydrogen (secondary N) is 1. The van der Waals surface area contributed by atoms with Crippen molar-refractivity contribution in [3.05, 3.63) is 84.1 Å². The number of hydrogen-bond donors (Lipinski definition) is 1. The Morgan fingerprint density at radius 3 is 2.43 bits per heavy atom. The van der Waals surface area contributed by atoms with E-state index in [0.29, 0.717) is 24.2 Å². The second kappa shape index (κ2) is 13.4. The molecule has 0 spiro atoms. The van der Waals surface area contributed by atoms with Gasteiger partial charge in [-0.2, -0.15) is 18.5 Å². The molecule has 2 amide bonds. The first-order valence-corrected chi connectivity index (χ1v) is 17.4. The molecule has 5 unspecified atom stereocenters. The van der Waals surface area contributed by atoms with E-state index in [4.69, 9.17) is 9.47 Å². The number of piperidine rings is 1. The van der Waals surface area contributed by atoms with Crippen LogP contribution in [0.5, 0.6) is 5.88 Å². The normalized spacial score (nSPS) is 26.5. The van der Waals surface area contributed by atoms with E-state index < -0.39 is 56.4 Å².